The third-order valence-electron chi connectivity index (χ3n) is 4.94. The van der Waals surface area contributed by atoms with Gasteiger partial charge in [0.2, 0.25) is 21.1 Å². The highest BCUT2D eigenvalue weighted by molar-refractivity contribution is 8.01. The normalized spacial score (nSPS) is 20.1. The lowest BCUT2D eigenvalue weighted by Crippen LogP contribution is -2.70. The summed E-state index contributed by atoms with van der Waals surface area (Å²) >= 11 is 3.93. The molecular weight excluding hydrogens is 526 g/mol. The van der Waals surface area contributed by atoms with Crippen molar-refractivity contribution in [1.82, 2.24) is 30.4 Å². The van der Waals surface area contributed by atoms with Gasteiger partial charge in [0.25, 0.3) is 5.91 Å². The van der Waals surface area contributed by atoms with Gasteiger partial charge in [-0.25, -0.2) is 23.0 Å². The van der Waals surface area contributed by atoms with Crippen molar-refractivity contribution in [2.24, 2.45) is 5.14 Å². The number of aromatic nitrogens is 4. The van der Waals surface area contributed by atoms with Crippen LogP contribution < -0.4 is 10.5 Å². The fourth-order valence-electron chi connectivity index (χ4n) is 3.40. The molecule has 4 heterocycles. The smallest absolute Gasteiger partial charge is 0.352 e. The molecule has 0 spiro atoms. The predicted molar refractivity (Wildman–Crippen MR) is 124 cm³/mol. The molecule has 17 heteroatoms. The maximum Gasteiger partial charge on any atom is 0.352 e. The molecule has 2 aliphatic rings. The maximum atomic E-state index is 12.8. The number of carboxylic acid groups (broad SMARTS) is 1. The Labute approximate surface area is 206 Å². The van der Waals surface area contributed by atoms with Crippen LogP contribution in [-0.2, 0) is 37.4 Å². The zero-order valence-corrected chi connectivity index (χ0v) is 20.6. The molecule has 1 unspecified atom stereocenters. The molecule has 0 bridgehead atoms. The van der Waals surface area contributed by atoms with Gasteiger partial charge in [-0.1, -0.05) is 17.8 Å². The van der Waals surface area contributed by atoms with Crippen LogP contribution in [0, 0.1) is 0 Å². The topological polar surface area (TPSA) is 190 Å². The summed E-state index contributed by atoms with van der Waals surface area (Å²) in [5, 5.41) is 30.2. The number of carbonyl (C=O) groups excluding carboxylic acids is 2. The highest BCUT2D eigenvalue weighted by atomic mass is 32.2. The molecule has 2 aliphatic heterocycles. The summed E-state index contributed by atoms with van der Waals surface area (Å²) < 4.78 is 23.6. The number of aryl methyl sites for hydroxylation is 1. The summed E-state index contributed by atoms with van der Waals surface area (Å²) in [7, 11) is -3.70. The van der Waals surface area contributed by atoms with E-state index >= 15 is 0 Å². The number of hydrogen-bond acceptors (Lipinski definition) is 11. The van der Waals surface area contributed by atoms with E-state index in [-0.39, 0.29) is 36.1 Å². The number of carboxylic acids is 1. The number of rotatable bonds is 10. The van der Waals surface area contributed by atoms with Crippen LogP contribution in [0.25, 0.3) is 0 Å². The minimum Gasteiger partial charge on any atom is -0.477 e. The lowest BCUT2D eigenvalue weighted by Gasteiger charge is -2.49. The van der Waals surface area contributed by atoms with Gasteiger partial charge in [-0.15, -0.1) is 28.2 Å². The fraction of sp³-hybridized carbons (Fsp3) is 0.412. The van der Waals surface area contributed by atoms with Gasteiger partial charge in [0, 0.05) is 16.4 Å². The third-order valence-corrected chi connectivity index (χ3v) is 8.95. The van der Waals surface area contributed by atoms with Crippen molar-refractivity contribution in [2.75, 3.05) is 17.3 Å². The molecule has 182 valence electrons. The number of β-lactam (4-membered cyclic amide) rings is 1. The molecule has 1 saturated heterocycles. The standard InChI is InChI=1S/C17H19N7O6S4/c18-34(29,30)5-3-23-17(20-21-22-23)33-8-9-7-32-15-12(14(26)24(15)13(9)16(27)28)19-11(25)6-10-2-1-4-31-10/h1-2,4,12,15H,3,5-8H2,(H,19,25)(H,27,28)(H2,18,29,30)/t12?,15-/m1/s1. The quantitative estimate of drug-likeness (QED) is 0.248. The van der Waals surface area contributed by atoms with E-state index in [9.17, 15) is 27.9 Å². The van der Waals surface area contributed by atoms with Crippen molar-refractivity contribution in [3.63, 3.8) is 0 Å². The molecule has 0 aromatic carbocycles. The lowest BCUT2D eigenvalue weighted by atomic mass is 10.0. The molecule has 4 N–H and O–H groups in total. The minimum absolute atomic E-state index is 0.0483. The number of nitrogens with one attached hydrogen (secondary N) is 1. The van der Waals surface area contributed by atoms with Crippen LogP contribution in [0.15, 0.2) is 33.9 Å². The molecule has 2 atom stereocenters. The van der Waals surface area contributed by atoms with Crippen LogP contribution in [0.1, 0.15) is 4.88 Å². The molecule has 0 saturated carbocycles. The first-order valence-corrected chi connectivity index (χ1v) is 14.4. The van der Waals surface area contributed by atoms with Crippen LogP contribution in [0.4, 0.5) is 0 Å². The number of thiophene rings is 1. The molecule has 1 fully saturated rings. The SMILES string of the molecule is NS(=O)(=O)CCn1nnnc1SCC1=C(C(=O)O)N2C(=O)C(NC(=O)Cc3cccs3)[C@H]2SC1. The largest absolute Gasteiger partial charge is 0.477 e. The van der Waals surface area contributed by atoms with Crippen LogP contribution in [-0.4, -0.2) is 85.1 Å². The number of fused-ring (bicyclic) bond motifs is 1. The van der Waals surface area contributed by atoms with Gasteiger partial charge in [-0.3, -0.25) is 14.5 Å². The first kappa shape index (κ1) is 24.6. The van der Waals surface area contributed by atoms with Gasteiger partial charge >= 0.3 is 5.97 Å². The second-order valence-corrected chi connectivity index (χ2v) is 12.1. The Bertz CT molecular complexity index is 1240. The van der Waals surface area contributed by atoms with Crippen LogP contribution in [0.3, 0.4) is 0 Å². The van der Waals surface area contributed by atoms with E-state index in [1.165, 1.54) is 32.7 Å². The number of primary sulfonamides is 1. The Morgan fingerprint density at radius 1 is 1.38 bits per heavy atom. The highest BCUT2D eigenvalue weighted by Gasteiger charge is 2.54. The van der Waals surface area contributed by atoms with Crippen molar-refractivity contribution >= 4 is 62.7 Å². The zero-order chi connectivity index (χ0) is 24.5. The Kier molecular flexibility index (Phi) is 7.27. The van der Waals surface area contributed by atoms with Crippen molar-refractivity contribution < 1.29 is 27.9 Å². The number of aliphatic carboxylic acids is 1. The van der Waals surface area contributed by atoms with Gasteiger partial charge in [-0.05, 0) is 27.4 Å². The summed E-state index contributed by atoms with van der Waals surface area (Å²) in [4.78, 5) is 39.1. The summed E-state index contributed by atoms with van der Waals surface area (Å²) in [6.07, 6.45) is 0.155. The summed E-state index contributed by atoms with van der Waals surface area (Å²) in [5.74, 6) is -1.86. The van der Waals surface area contributed by atoms with Crippen molar-refractivity contribution in [1.29, 1.82) is 0 Å². The van der Waals surface area contributed by atoms with Crippen molar-refractivity contribution in [3.05, 3.63) is 33.7 Å². The maximum absolute atomic E-state index is 12.8. The van der Waals surface area contributed by atoms with E-state index in [0.717, 1.165) is 16.6 Å². The Morgan fingerprint density at radius 3 is 2.85 bits per heavy atom. The monoisotopic (exact) mass is 545 g/mol. The van der Waals surface area contributed by atoms with Gasteiger partial charge < -0.3 is 10.4 Å². The molecule has 0 radical (unpaired) electrons. The van der Waals surface area contributed by atoms with E-state index in [1.54, 1.807) is 0 Å². The predicted octanol–water partition coefficient (Wildman–Crippen LogP) is -0.903. The van der Waals surface area contributed by atoms with Crippen molar-refractivity contribution in [3.8, 4) is 0 Å². The fourth-order valence-corrected chi connectivity index (χ4v) is 6.92. The molecule has 2 amide bonds. The van der Waals surface area contributed by atoms with Crippen LogP contribution >= 0.6 is 34.9 Å². The van der Waals surface area contributed by atoms with E-state index in [1.807, 2.05) is 17.5 Å². The van der Waals surface area contributed by atoms with E-state index in [4.69, 9.17) is 5.14 Å². The number of amides is 2. The minimum atomic E-state index is -3.70. The number of carbonyl (C=O) groups is 3. The number of nitrogens with two attached hydrogens (primary N) is 1. The molecule has 2 aromatic heterocycles. The van der Waals surface area contributed by atoms with Crippen molar-refractivity contribution in [2.45, 2.75) is 29.5 Å². The average molecular weight is 546 g/mol. The van der Waals surface area contributed by atoms with Gasteiger partial charge in [-0.2, -0.15) is 0 Å². The molecule has 34 heavy (non-hydrogen) atoms. The van der Waals surface area contributed by atoms with Gasteiger partial charge in [0.05, 0.1) is 18.7 Å². The van der Waals surface area contributed by atoms with Crippen LogP contribution in [0.5, 0.6) is 0 Å². The zero-order valence-electron chi connectivity index (χ0n) is 17.4. The Balaban J connectivity index is 1.42. The number of sulfonamides is 1. The van der Waals surface area contributed by atoms with Gasteiger partial charge in [0.1, 0.15) is 17.1 Å². The van der Waals surface area contributed by atoms with E-state index in [0.29, 0.717) is 16.5 Å². The van der Waals surface area contributed by atoms with E-state index in [2.05, 4.69) is 20.8 Å². The Hall–Kier alpha value is -2.47. The molecule has 13 nitrogen and oxygen atoms in total. The lowest BCUT2D eigenvalue weighted by molar-refractivity contribution is -0.150. The number of tetrazole rings is 1. The average Bonchev–Trinajstić information content (AvgIpc) is 3.45. The molecule has 2 aromatic rings. The summed E-state index contributed by atoms with van der Waals surface area (Å²) in [6, 6.07) is 2.88. The molecular formula is C17H19N7O6S4. The number of nitrogens with zero attached hydrogens (tertiary/aromatic N) is 5. The first-order chi connectivity index (χ1) is 16.1. The number of thioether (sulfide) groups is 2. The van der Waals surface area contributed by atoms with Gasteiger partial charge in [0.15, 0.2) is 0 Å². The second kappa shape index (κ2) is 10.0. The Morgan fingerprint density at radius 2 is 2.18 bits per heavy atom. The van der Waals surface area contributed by atoms with Crippen LogP contribution in [0.2, 0.25) is 0 Å². The molecule has 0 aliphatic carbocycles. The first-order valence-electron chi connectivity index (χ1n) is 9.75. The molecule has 4 rings (SSSR count). The summed E-state index contributed by atoms with van der Waals surface area (Å²) in [6.45, 7) is -0.0483. The highest BCUT2D eigenvalue weighted by Crippen LogP contribution is 2.41. The summed E-state index contributed by atoms with van der Waals surface area (Å²) in [5.41, 5.74) is 0.380. The second-order valence-electron chi connectivity index (χ2n) is 7.31. The number of hydrogen-bond donors (Lipinski definition) is 3. The third kappa shape index (κ3) is 5.43. The van der Waals surface area contributed by atoms with E-state index < -0.39 is 33.3 Å².